The fourth-order valence-electron chi connectivity index (χ4n) is 0.723. The van der Waals surface area contributed by atoms with Gasteiger partial charge in [0.05, 0.1) is 33.0 Å². The Bertz CT molecular complexity index is 173. The van der Waals surface area contributed by atoms with Gasteiger partial charge in [0.2, 0.25) is 0 Å². The number of hydrogen-bond acceptors (Lipinski definition) is 7. The topological polar surface area (TPSA) is 105 Å². The Kier molecular flexibility index (Phi) is 10.3. The minimum atomic E-state index is -1.06. The third kappa shape index (κ3) is 9.81. The fourth-order valence-corrected chi connectivity index (χ4v) is 0.723. The van der Waals surface area contributed by atoms with Gasteiger partial charge in [-0.15, -0.1) is 0 Å². The van der Waals surface area contributed by atoms with Crippen LogP contribution in [-0.4, -0.2) is 73.6 Å². The van der Waals surface area contributed by atoms with Crippen LogP contribution in [0.3, 0.4) is 0 Å². The number of carbonyl (C=O) groups excluding carboxylic acids is 1. The molecule has 0 aromatic rings. The predicted octanol–water partition coefficient (Wildman–Crippen LogP) is -2.09. The molecule has 0 aromatic heterocycles. The highest BCUT2D eigenvalue weighted by Crippen LogP contribution is 1.87. The van der Waals surface area contributed by atoms with Crippen LogP contribution in [0, 0.1) is 0 Å². The predicted molar refractivity (Wildman–Crippen MR) is 52.8 cm³/mol. The minimum absolute atomic E-state index is 0.0545. The highest BCUT2D eigenvalue weighted by molar-refractivity contribution is 5.70. The van der Waals surface area contributed by atoms with Crippen molar-refractivity contribution < 1.29 is 34.3 Å². The fraction of sp³-hybridized carbons (Fsp3) is 0.889. The highest BCUT2D eigenvalue weighted by Gasteiger charge is 2.07. The van der Waals surface area contributed by atoms with Crippen molar-refractivity contribution in [3.8, 4) is 0 Å². The molecule has 0 spiro atoms. The van der Waals surface area contributed by atoms with Crippen molar-refractivity contribution in [1.82, 2.24) is 0 Å². The number of aliphatic hydroxyl groups excluding tert-OH is 3. The quantitative estimate of drug-likeness (QED) is 0.296. The molecule has 1 atom stereocenters. The molecule has 3 N–H and O–H groups in total. The van der Waals surface area contributed by atoms with Gasteiger partial charge in [0.15, 0.2) is 0 Å². The first-order chi connectivity index (χ1) is 7.70. The number of aliphatic hydroxyl groups is 3. The molecule has 96 valence electrons. The van der Waals surface area contributed by atoms with Crippen LogP contribution in [0.15, 0.2) is 0 Å². The molecule has 0 amide bonds. The Hall–Kier alpha value is -0.730. The lowest BCUT2D eigenvalue weighted by Gasteiger charge is -2.08. The maximum atomic E-state index is 10.9. The molecule has 0 heterocycles. The molecule has 0 aliphatic rings. The lowest BCUT2D eigenvalue weighted by atomic mass is 10.4. The van der Waals surface area contributed by atoms with E-state index in [9.17, 15) is 4.79 Å². The second kappa shape index (κ2) is 10.8. The summed E-state index contributed by atoms with van der Waals surface area (Å²) in [5.41, 5.74) is 0. The summed E-state index contributed by atoms with van der Waals surface area (Å²) in [5.74, 6) is -0.616. The summed E-state index contributed by atoms with van der Waals surface area (Å²) in [7, 11) is 0. The summed E-state index contributed by atoms with van der Waals surface area (Å²) < 4.78 is 14.3. The van der Waals surface area contributed by atoms with Gasteiger partial charge < -0.3 is 29.5 Å². The van der Waals surface area contributed by atoms with E-state index in [1.165, 1.54) is 0 Å². The van der Waals surface area contributed by atoms with Gasteiger partial charge >= 0.3 is 5.97 Å². The lowest BCUT2D eigenvalue weighted by molar-refractivity contribution is -0.153. The normalized spacial score (nSPS) is 12.4. The number of esters is 1. The van der Waals surface area contributed by atoms with E-state index in [-0.39, 0.29) is 39.6 Å². The van der Waals surface area contributed by atoms with Gasteiger partial charge in [-0.25, -0.2) is 4.79 Å². The SMILES string of the molecule is O=C(COCCOCCO)OCC(O)CO. The third-order valence-electron chi connectivity index (χ3n) is 1.48. The number of hydrogen-bond donors (Lipinski definition) is 3. The molecule has 0 aromatic carbocycles. The molecule has 0 radical (unpaired) electrons. The van der Waals surface area contributed by atoms with E-state index in [4.69, 9.17) is 24.8 Å². The van der Waals surface area contributed by atoms with Crippen molar-refractivity contribution in [2.45, 2.75) is 6.10 Å². The van der Waals surface area contributed by atoms with Crippen molar-refractivity contribution >= 4 is 5.97 Å². The molecule has 16 heavy (non-hydrogen) atoms. The maximum Gasteiger partial charge on any atom is 0.332 e. The van der Waals surface area contributed by atoms with E-state index in [0.717, 1.165) is 0 Å². The van der Waals surface area contributed by atoms with E-state index in [1.54, 1.807) is 0 Å². The van der Waals surface area contributed by atoms with Crippen molar-refractivity contribution in [2.75, 3.05) is 46.2 Å². The van der Waals surface area contributed by atoms with Gasteiger partial charge in [0.1, 0.15) is 19.3 Å². The smallest absolute Gasteiger partial charge is 0.332 e. The van der Waals surface area contributed by atoms with Crippen LogP contribution >= 0.6 is 0 Å². The van der Waals surface area contributed by atoms with Crippen LogP contribution < -0.4 is 0 Å². The molecule has 0 aliphatic heterocycles. The molecule has 0 rings (SSSR count). The first-order valence-corrected chi connectivity index (χ1v) is 4.91. The van der Waals surface area contributed by atoms with E-state index in [1.807, 2.05) is 0 Å². The summed E-state index contributed by atoms with van der Waals surface area (Å²) in [6.07, 6.45) is -1.06. The molecule has 0 aliphatic carbocycles. The average molecular weight is 238 g/mol. The van der Waals surface area contributed by atoms with E-state index < -0.39 is 18.7 Å². The minimum Gasteiger partial charge on any atom is -0.461 e. The number of rotatable bonds is 10. The molecule has 0 saturated heterocycles. The van der Waals surface area contributed by atoms with Crippen molar-refractivity contribution in [1.29, 1.82) is 0 Å². The summed E-state index contributed by atoms with van der Waals surface area (Å²) in [6, 6.07) is 0. The summed E-state index contributed by atoms with van der Waals surface area (Å²) in [6.45, 7) is -0.258. The van der Waals surface area contributed by atoms with Crippen LogP contribution in [0.2, 0.25) is 0 Å². The summed E-state index contributed by atoms with van der Waals surface area (Å²) >= 11 is 0. The van der Waals surface area contributed by atoms with Gasteiger partial charge in [-0.05, 0) is 0 Å². The van der Waals surface area contributed by atoms with Crippen molar-refractivity contribution in [2.24, 2.45) is 0 Å². The maximum absolute atomic E-state index is 10.9. The van der Waals surface area contributed by atoms with Crippen LogP contribution in [0.5, 0.6) is 0 Å². The Morgan fingerprint density at radius 3 is 2.44 bits per heavy atom. The zero-order valence-electron chi connectivity index (χ0n) is 9.00. The monoisotopic (exact) mass is 238 g/mol. The van der Waals surface area contributed by atoms with Gasteiger partial charge in [0, 0.05) is 0 Å². The molecule has 0 bridgehead atoms. The number of carbonyl (C=O) groups is 1. The van der Waals surface area contributed by atoms with Gasteiger partial charge in [0.25, 0.3) is 0 Å². The molecule has 0 saturated carbocycles. The molecular formula is C9H18O7. The zero-order chi connectivity index (χ0) is 12.2. The zero-order valence-corrected chi connectivity index (χ0v) is 9.00. The van der Waals surface area contributed by atoms with Gasteiger partial charge in [-0.3, -0.25) is 0 Å². The highest BCUT2D eigenvalue weighted by atomic mass is 16.6. The van der Waals surface area contributed by atoms with Gasteiger partial charge in [-0.2, -0.15) is 0 Å². The molecule has 1 unspecified atom stereocenters. The lowest BCUT2D eigenvalue weighted by Crippen LogP contribution is -2.24. The molecule has 0 fully saturated rings. The van der Waals surface area contributed by atoms with Gasteiger partial charge in [-0.1, -0.05) is 0 Å². The van der Waals surface area contributed by atoms with E-state index >= 15 is 0 Å². The van der Waals surface area contributed by atoms with Crippen molar-refractivity contribution in [3.05, 3.63) is 0 Å². The Morgan fingerprint density at radius 2 is 1.81 bits per heavy atom. The Balaban J connectivity index is 3.24. The Morgan fingerprint density at radius 1 is 1.12 bits per heavy atom. The van der Waals surface area contributed by atoms with E-state index in [0.29, 0.717) is 0 Å². The van der Waals surface area contributed by atoms with Crippen LogP contribution in [0.25, 0.3) is 0 Å². The number of ether oxygens (including phenoxy) is 3. The average Bonchev–Trinajstić information content (AvgIpc) is 2.30. The molecule has 7 nitrogen and oxygen atoms in total. The Labute approximate surface area is 93.5 Å². The van der Waals surface area contributed by atoms with Crippen LogP contribution in [-0.2, 0) is 19.0 Å². The second-order valence-corrected chi connectivity index (χ2v) is 2.91. The van der Waals surface area contributed by atoms with Crippen LogP contribution in [0.4, 0.5) is 0 Å². The first kappa shape index (κ1) is 15.3. The van der Waals surface area contributed by atoms with E-state index in [2.05, 4.69) is 4.74 Å². The largest absolute Gasteiger partial charge is 0.461 e. The third-order valence-corrected chi connectivity index (χ3v) is 1.48. The molecular weight excluding hydrogens is 220 g/mol. The first-order valence-electron chi connectivity index (χ1n) is 4.91. The van der Waals surface area contributed by atoms with Crippen LogP contribution in [0.1, 0.15) is 0 Å². The summed E-state index contributed by atoms with van der Waals surface area (Å²) in [5, 5.41) is 25.7. The van der Waals surface area contributed by atoms with Crippen molar-refractivity contribution in [3.63, 3.8) is 0 Å². The second-order valence-electron chi connectivity index (χ2n) is 2.91. The summed E-state index contributed by atoms with van der Waals surface area (Å²) in [4.78, 5) is 10.9. The molecule has 7 heteroatoms. The standard InChI is InChI=1S/C9H18O7/c10-1-2-14-3-4-15-7-9(13)16-6-8(12)5-11/h8,10-12H,1-7H2.